The minimum atomic E-state index is 0.742. The molecule has 2 heteroatoms. The first kappa shape index (κ1) is 8.52. The molecule has 2 aliphatic rings. The van der Waals surface area contributed by atoms with Crippen LogP contribution in [0.1, 0.15) is 26.2 Å². The topological polar surface area (TPSA) is 21.3 Å². The molecule has 70 valence electrons. The van der Waals surface area contributed by atoms with Gasteiger partial charge in [-0.2, -0.15) is 0 Å². The molecule has 1 aliphatic heterocycles. The van der Waals surface area contributed by atoms with E-state index >= 15 is 0 Å². The second-order valence-corrected chi connectivity index (χ2v) is 4.27. The smallest absolute Gasteiger partial charge is 0.0480 e. The summed E-state index contributed by atoms with van der Waals surface area (Å²) in [7, 11) is 0. The van der Waals surface area contributed by atoms with E-state index in [1.807, 2.05) is 0 Å². The SMILES string of the molecule is CC1CC1CNC1CCOCC1. The molecule has 1 aliphatic carbocycles. The van der Waals surface area contributed by atoms with Gasteiger partial charge in [0.25, 0.3) is 0 Å². The van der Waals surface area contributed by atoms with Crippen molar-refractivity contribution < 1.29 is 4.74 Å². The summed E-state index contributed by atoms with van der Waals surface area (Å²) in [5, 5.41) is 3.63. The molecule has 0 aromatic heterocycles. The van der Waals surface area contributed by atoms with Crippen molar-refractivity contribution in [2.24, 2.45) is 11.8 Å². The minimum Gasteiger partial charge on any atom is -0.381 e. The molecule has 2 rings (SSSR count). The van der Waals surface area contributed by atoms with Crippen molar-refractivity contribution in [2.75, 3.05) is 19.8 Å². The lowest BCUT2D eigenvalue weighted by Crippen LogP contribution is -2.36. The van der Waals surface area contributed by atoms with Crippen molar-refractivity contribution in [3.05, 3.63) is 0 Å². The summed E-state index contributed by atoms with van der Waals surface area (Å²) in [6, 6.07) is 0.742. The predicted octanol–water partition coefficient (Wildman–Crippen LogP) is 1.41. The lowest BCUT2D eigenvalue weighted by Gasteiger charge is -2.23. The first-order chi connectivity index (χ1) is 5.86. The quantitative estimate of drug-likeness (QED) is 0.689. The fourth-order valence-electron chi connectivity index (χ4n) is 1.90. The minimum absolute atomic E-state index is 0.742. The van der Waals surface area contributed by atoms with Gasteiger partial charge in [0, 0.05) is 19.3 Å². The van der Waals surface area contributed by atoms with E-state index in [2.05, 4.69) is 12.2 Å². The third-order valence-electron chi connectivity index (χ3n) is 3.17. The number of hydrogen-bond acceptors (Lipinski definition) is 2. The van der Waals surface area contributed by atoms with Crippen LogP contribution in [0.25, 0.3) is 0 Å². The summed E-state index contributed by atoms with van der Waals surface area (Å²) in [5.41, 5.74) is 0. The van der Waals surface area contributed by atoms with Crippen molar-refractivity contribution >= 4 is 0 Å². The van der Waals surface area contributed by atoms with E-state index in [0.717, 1.165) is 31.1 Å². The lowest BCUT2D eigenvalue weighted by atomic mass is 10.1. The average molecular weight is 169 g/mol. The van der Waals surface area contributed by atoms with Crippen LogP contribution in [-0.4, -0.2) is 25.8 Å². The summed E-state index contributed by atoms with van der Waals surface area (Å²) in [6.07, 6.45) is 3.86. The molecule has 0 spiro atoms. The van der Waals surface area contributed by atoms with Crippen molar-refractivity contribution in [3.8, 4) is 0 Å². The largest absolute Gasteiger partial charge is 0.381 e. The molecule has 2 fully saturated rings. The van der Waals surface area contributed by atoms with E-state index < -0.39 is 0 Å². The third kappa shape index (κ3) is 2.20. The first-order valence-corrected chi connectivity index (χ1v) is 5.17. The van der Waals surface area contributed by atoms with Crippen LogP contribution in [0.5, 0.6) is 0 Å². The van der Waals surface area contributed by atoms with Crippen molar-refractivity contribution in [1.29, 1.82) is 0 Å². The number of rotatable bonds is 3. The Bertz CT molecular complexity index is 143. The molecule has 0 aromatic rings. The van der Waals surface area contributed by atoms with Gasteiger partial charge in [0.2, 0.25) is 0 Å². The second kappa shape index (κ2) is 3.75. The maximum Gasteiger partial charge on any atom is 0.0480 e. The Kier molecular flexibility index (Phi) is 2.66. The monoisotopic (exact) mass is 169 g/mol. The zero-order chi connectivity index (χ0) is 8.39. The Morgan fingerprint density at radius 3 is 2.58 bits per heavy atom. The lowest BCUT2D eigenvalue weighted by molar-refractivity contribution is 0.0777. The summed E-state index contributed by atoms with van der Waals surface area (Å²) in [5.74, 6) is 1.96. The van der Waals surface area contributed by atoms with Gasteiger partial charge in [0.1, 0.15) is 0 Å². The fourth-order valence-corrected chi connectivity index (χ4v) is 1.90. The van der Waals surface area contributed by atoms with Gasteiger partial charge in [-0.3, -0.25) is 0 Å². The summed E-state index contributed by atoms with van der Waals surface area (Å²) >= 11 is 0. The van der Waals surface area contributed by atoms with Crippen molar-refractivity contribution in [3.63, 3.8) is 0 Å². The van der Waals surface area contributed by atoms with E-state index in [4.69, 9.17) is 4.74 Å². The Labute approximate surface area is 74.7 Å². The maximum atomic E-state index is 5.30. The molecular formula is C10H19NO. The van der Waals surface area contributed by atoms with Gasteiger partial charge >= 0.3 is 0 Å². The Morgan fingerprint density at radius 1 is 1.33 bits per heavy atom. The zero-order valence-electron chi connectivity index (χ0n) is 7.88. The predicted molar refractivity (Wildman–Crippen MR) is 49.1 cm³/mol. The van der Waals surface area contributed by atoms with Gasteiger partial charge in [-0.05, 0) is 37.6 Å². The molecule has 1 saturated heterocycles. The molecule has 1 N–H and O–H groups in total. The molecule has 0 aromatic carbocycles. The summed E-state index contributed by atoms with van der Waals surface area (Å²) in [4.78, 5) is 0. The zero-order valence-corrected chi connectivity index (χ0v) is 7.88. The number of nitrogens with one attached hydrogen (secondary N) is 1. The van der Waals surface area contributed by atoms with E-state index in [1.54, 1.807) is 0 Å². The molecule has 1 saturated carbocycles. The molecule has 0 amide bonds. The number of hydrogen-bond donors (Lipinski definition) is 1. The fraction of sp³-hybridized carbons (Fsp3) is 1.00. The van der Waals surface area contributed by atoms with E-state index in [9.17, 15) is 0 Å². The van der Waals surface area contributed by atoms with Crippen molar-refractivity contribution in [1.82, 2.24) is 5.32 Å². The van der Waals surface area contributed by atoms with Gasteiger partial charge in [-0.15, -0.1) is 0 Å². The van der Waals surface area contributed by atoms with Crippen LogP contribution in [0, 0.1) is 11.8 Å². The van der Waals surface area contributed by atoms with Crippen LogP contribution in [-0.2, 0) is 4.74 Å². The van der Waals surface area contributed by atoms with Crippen LogP contribution >= 0.6 is 0 Å². The van der Waals surface area contributed by atoms with Gasteiger partial charge in [-0.1, -0.05) is 6.92 Å². The van der Waals surface area contributed by atoms with Gasteiger partial charge < -0.3 is 10.1 Å². The molecule has 2 atom stereocenters. The van der Waals surface area contributed by atoms with Gasteiger partial charge in [0.05, 0.1) is 0 Å². The Hall–Kier alpha value is -0.0800. The van der Waals surface area contributed by atoms with Crippen LogP contribution < -0.4 is 5.32 Å². The molecular weight excluding hydrogens is 150 g/mol. The molecule has 0 radical (unpaired) electrons. The van der Waals surface area contributed by atoms with E-state index in [1.165, 1.54) is 25.8 Å². The van der Waals surface area contributed by atoms with Crippen molar-refractivity contribution in [2.45, 2.75) is 32.2 Å². The summed E-state index contributed by atoms with van der Waals surface area (Å²) < 4.78 is 5.30. The normalized spacial score (nSPS) is 36.8. The molecule has 2 unspecified atom stereocenters. The highest BCUT2D eigenvalue weighted by atomic mass is 16.5. The van der Waals surface area contributed by atoms with Crippen LogP contribution in [0.15, 0.2) is 0 Å². The van der Waals surface area contributed by atoms with Gasteiger partial charge in [-0.25, -0.2) is 0 Å². The van der Waals surface area contributed by atoms with Gasteiger partial charge in [0.15, 0.2) is 0 Å². The molecule has 1 heterocycles. The molecule has 12 heavy (non-hydrogen) atoms. The first-order valence-electron chi connectivity index (χ1n) is 5.17. The highest BCUT2D eigenvalue weighted by Crippen LogP contribution is 2.36. The number of ether oxygens (including phenoxy) is 1. The second-order valence-electron chi connectivity index (χ2n) is 4.27. The maximum absolute atomic E-state index is 5.30. The Morgan fingerprint density at radius 2 is 2.00 bits per heavy atom. The van der Waals surface area contributed by atoms with Crippen LogP contribution in [0.2, 0.25) is 0 Å². The van der Waals surface area contributed by atoms with Crippen LogP contribution in [0.3, 0.4) is 0 Å². The molecule has 0 bridgehead atoms. The van der Waals surface area contributed by atoms with E-state index in [0.29, 0.717) is 0 Å². The summed E-state index contributed by atoms with van der Waals surface area (Å²) in [6.45, 7) is 5.50. The van der Waals surface area contributed by atoms with E-state index in [-0.39, 0.29) is 0 Å². The highest BCUT2D eigenvalue weighted by molar-refractivity contribution is 4.85. The average Bonchev–Trinajstić information content (AvgIpc) is 2.81. The van der Waals surface area contributed by atoms with Crippen LogP contribution in [0.4, 0.5) is 0 Å². The third-order valence-corrected chi connectivity index (χ3v) is 3.17. The Balaban J connectivity index is 1.59. The highest BCUT2D eigenvalue weighted by Gasteiger charge is 2.32. The molecule has 2 nitrogen and oxygen atoms in total. The standard InChI is InChI=1S/C10H19NO/c1-8-6-9(8)7-11-10-2-4-12-5-3-10/h8-11H,2-7H2,1H3.